The van der Waals surface area contributed by atoms with Crippen molar-refractivity contribution in [1.82, 2.24) is 5.32 Å². The van der Waals surface area contributed by atoms with Crippen LogP contribution in [0.4, 0.5) is 0 Å². The van der Waals surface area contributed by atoms with Crippen LogP contribution in [0, 0.1) is 0 Å². The SMILES string of the molecule is CSCCC1OC(c2coc3ccccc3c2=O)NC1=O. The van der Waals surface area contributed by atoms with Crippen molar-refractivity contribution in [3.8, 4) is 0 Å². The fourth-order valence-corrected chi connectivity index (χ4v) is 2.78. The number of nitrogens with one attached hydrogen (secondary N) is 1. The van der Waals surface area contributed by atoms with Crippen molar-refractivity contribution in [2.24, 2.45) is 0 Å². The lowest BCUT2D eigenvalue weighted by Crippen LogP contribution is -2.26. The molecule has 2 aromatic rings. The molecule has 1 fully saturated rings. The van der Waals surface area contributed by atoms with Crippen LogP contribution in [-0.2, 0) is 9.53 Å². The summed E-state index contributed by atoms with van der Waals surface area (Å²) in [6, 6.07) is 7.01. The number of amides is 1. The molecule has 1 aliphatic rings. The fourth-order valence-electron chi connectivity index (χ4n) is 2.33. The Balaban J connectivity index is 1.90. The number of benzene rings is 1. The highest BCUT2D eigenvalue weighted by atomic mass is 32.2. The van der Waals surface area contributed by atoms with Gasteiger partial charge < -0.3 is 14.5 Å². The number of fused-ring (bicyclic) bond motifs is 1. The van der Waals surface area contributed by atoms with Crippen LogP contribution >= 0.6 is 11.8 Å². The second-order valence-electron chi connectivity index (χ2n) is 4.81. The first kappa shape index (κ1) is 14.2. The van der Waals surface area contributed by atoms with Crippen LogP contribution in [0.15, 0.2) is 39.7 Å². The van der Waals surface area contributed by atoms with E-state index < -0.39 is 12.3 Å². The van der Waals surface area contributed by atoms with Gasteiger partial charge in [-0.1, -0.05) is 12.1 Å². The first-order chi connectivity index (χ1) is 10.2. The summed E-state index contributed by atoms with van der Waals surface area (Å²) >= 11 is 1.65. The Bertz CT molecular complexity index is 727. The van der Waals surface area contributed by atoms with Gasteiger partial charge in [0.1, 0.15) is 18.0 Å². The average Bonchev–Trinajstić information content (AvgIpc) is 2.86. The number of hydrogen-bond donors (Lipinski definition) is 1. The molecule has 0 saturated carbocycles. The molecule has 6 heteroatoms. The standard InChI is InChI=1S/C15H15NO4S/c1-21-7-6-12-14(18)16-15(20-12)10-8-19-11-5-3-2-4-9(11)13(10)17/h2-5,8,12,15H,6-7H2,1H3,(H,16,18). The van der Waals surface area contributed by atoms with Crippen molar-refractivity contribution in [3.63, 3.8) is 0 Å². The number of carbonyl (C=O) groups is 1. The summed E-state index contributed by atoms with van der Waals surface area (Å²) in [5.74, 6) is 0.651. The summed E-state index contributed by atoms with van der Waals surface area (Å²) in [5.41, 5.74) is 0.677. The summed E-state index contributed by atoms with van der Waals surface area (Å²) in [7, 11) is 0. The first-order valence-electron chi connectivity index (χ1n) is 6.66. The number of carbonyl (C=O) groups excluding carboxylic acids is 1. The molecule has 0 spiro atoms. The summed E-state index contributed by atoms with van der Waals surface area (Å²) in [6.45, 7) is 0. The summed E-state index contributed by atoms with van der Waals surface area (Å²) in [4.78, 5) is 24.3. The first-order valence-corrected chi connectivity index (χ1v) is 8.05. The third kappa shape index (κ3) is 2.69. The van der Waals surface area contributed by atoms with Crippen LogP contribution in [-0.4, -0.2) is 24.0 Å². The highest BCUT2D eigenvalue weighted by molar-refractivity contribution is 7.98. The molecular formula is C15H15NO4S. The number of rotatable bonds is 4. The molecule has 1 aromatic heterocycles. The van der Waals surface area contributed by atoms with Gasteiger partial charge in [0.2, 0.25) is 0 Å². The van der Waals surface area contributed by atoms with E-state index in [4.69, 9.17) is 9.15 Å². The molecule has 1 amide bonds. The molecule has 2 atom stereocenters. The third-order valence-corrected chi connectivity index (χ3v) is 4.08. The third-order valence-electron chi connectivity index (χ3n) is 3.44. The topological polar surface area (TPSA) is 68.5 Å². The molecule has 2 heterocycles. The molecule has 1 saturated heterocycles. The van der Waals surface area contributed by atoms with Gasteiger partial charge in [-0.15, -0.1) is 0 Å². The number of ether oxygens (including phenoxy) is 1. The predicted octanol–water partition coefficient (Wildman–Crippen LogP) is 2.06. The van der Waals surface area contributed by atoms with Gasteiger partial charge in [0, 0.05) is 0 Å². The van der Waals surface area contributed by atoms with Crippen molar-refractivity contribution < 1.29 is 13.9 Å². The molecule has 1 N–H and O–H groups in total. The van der Waals surface area contributed by atoms with E-state index in [0.717, 1.165) is 5.75 Å². The maximum atomic E-state index is 12.4. The molecule has 2 unspecified atom stereocenters. The lowest BCUT2D eigenvalue weighted by Gasteiger charge is -2.10. The molecule has 0 aliphatic carbocycles. The Morgan fingerprint density at radius 1 is 1.29 bits per heavy atom. The van der Waals surface area contributed by atoms with Crippen LogP contribution in [0.3, 0.4) is 0 Å². The lowest BCUT2D eigenvalue weighted by atomic mass is 10.1. The van der Waals surface area contributed by atoms with Gasteiger partial charge in [-0.2, -0.15) is 11.8 Å². The summed E-state index contributed by atoms with van der Waals surface area (Å²) in [5, 5.41) is 3.19. The minimum atomic E-state index is -0.731. The van der Waals surface area contributed by atoms with Gasteiger partial charge in [0.05, 0.1) is 10.9 Å². The smallest absolute Gasteiger partial charge is 0.251 e. The zero-order valence-corrected chi connectivity index (χ0v) is 12.3. The van der Waals surface area contributed by atoms with Crippen molar-refractivity contribution in [3.05, 3.63) is 46.3 Å². The van der Waals surface area contributed by atoms with Gasteiger partial charge in [0.15, 0.2) is 11.7 Å². The zero-order valence-electron chi connectivity index (χ0n) is 11.5. The highest BCUT2D eigenvalue weighted by Gasteiger charge is 2.34. The molecular weight excluding hydrogens is 290 g/mol. The van der Waals surface area contributed by atoms with E-state index in [0.29, 0.717) is 23.0 Å². The van der Waals surface area contributed by atoms with E-state index in [9.17, 15) is 9.59 Å². The molecule has 3 rings (SSSR count). The molecule has 21 heavy (non-hydrogen) atoms. The maximum absolute atomic E-state index is 12.4. The average molecular weight is 305 g/mol. The van der Waals surface area contributed by atoms with Crippen LogP contribution in [0.25, 0.3) is 11.0 Å². The Hall–Kier alpha value is -1.79. The molecule has 1 aromatic carbocycles. The van der Waals surface area contributed by atoms with Crippen LogP contribution in [0.1, 0.15) is 18.2 Å². The Morgan fingerprint density at radius 3 is 2.90 bits per heavy atom. The lowest BCUT2D eigenvalue weighted by molar-refractivity contribution is -0.123. The van der Waals surface area contributed by atoms with E-state index in [1.54, 1.807) is 36.0 Å². The van der Waals surface area contributed by atoms with Crippen LogP contribution < -0.4 is 10.7 Å². The normalized spacial score (nSPS) is 21.7. The van der Waals surface area contributed by atoms with Crippen molar-refractivity contribution >= 4 is 28.6 Å². The quantitative estimate of drug-likeness (QED) is 0.936. The van der Waals surface area contributed by atoms with Gasteiger partial charge in [-0.05, 0) is 30.6 Å². The number of thioether (sulfide) groups is 1. The molecule has 0 radical (unpaired) electrons. The minimum absolute atomic E-state index is 0.173. The van der Waals surface area contributed by atoms with Gasteiger partial charge >= 0.3 is 0 Å². The largest absolute Gasteiger partial charge is 0.464 e. The molecule has 110 valence electrons. The van der Waals surface area contributed by atoms with Crippen molar-refractivity contribution in [2.75, 3.05) is 12.0 Å². The van der Waals surface area contributed by atoms with Gasteiger partial charge in [-0.3, -0.25) is 9.59 Å². The Labute approximate surface area is 125 Å². The molecule has 5 nitrogen and oxygen atoms in total. The van der Waals surface area contributed by atoms with Gasteiger partial charge in [-0.25, -0.2) is 0 Å². The fraction of sp³-hybridized carbons (Fsp3) is 0.333. The monoisotopic (exact) mass is 305 g/mol. The van der Waals surface area contributed by atoms with Crippen molar-refractivity contribution in [1.29, 1.82) is 0 Å². The molecule has 1 aliphatic heterocycles. The van der Waals surface area contributed by atoms with Crippen LogP contribution in [0.5, 0.6) is 0 Å². The van der Waals surface area contributed by atoms with E-state index >= 15 is 0 Å². The summed E-state index contributed by atoms with van der Waals surface area (Å²) in [6.07, 6.45) is 2.73. The predicted molar refractivity (Wildman–Crippen MR) is 81.2 cm³/mol. The highest BCUT2D eigenvalue weighted by Crippen LogP contribution is 2.24. The summed E-state index contributed by atoms with van der Waals surface area (Å²) < 4.78 is 11.1. The maximum Gasteiger partial charge on any atom is 0.251 e. The second-order valence-corrected chi connectivity index (χ2v) is 5.80. The van der Waals surface area contributed by atoms with Crippen LogP contribution in [0.2, 0.25) is 0 Å². The van der Waals surface area contributed by atoms with E-state index in [2.05, 4.69) is 5.32 Å². The molecule has 0 bridgehead atoms. The minimum Gasteiger partial charge on any atom is -0.464 e. The zero-order chi connectivity index (χ0) is 14.8. The number of para-hydroxylation sites is 1. The van der Waals surface area contributed by atoms with E-state index in [1.165, 1.54) is 6.26 Å². The van der Waals surface area contributed by atoms with E-state index in [-0.39, 0.29) is 11.3 Å². The van der Waals surface area contributed by atoms with Crippen molar-refractivity contribution in [2.45, 2.75) is 18.8 Å². The Kier molecular flexibility index (Phi) is 3.98. The Morgan fingerprint density at radius 2 is 2.10 bits per heavy atom. The van der Waals surface area contributed by atoms with E-state index in [1.807, 2.05) is 6.26 Å². The van der Waals surface area contributed by atoms with Gasteiger partial charge in [0.25, 0.3) is 5.91 Å². The second kappa shape index (κ2) is 5.91. The number of hydrogen-bond acceptors (Lipinski definition) is 5.